The molecule has 3 rings (SSSR count). The molecule has 142 valence electrons. The topological polar surface area (TPSA) is 67.9 Å². The number of halogens is 2. The molecule has 1 heterocycles. The predicted octanol–water partition coefficient (Wildman–Crippen LogP) is 3.68. The Hall–Kier alpha value is -3.16. The molecule has 0 atom stereocenters. The maximum Gasteiger partial charge on any atom is 0.387 e. The highest BCUT2D eigenvalue weighted by molar-refractivity contribution is 6.05. The highest BCUT2D eigenvalue weighted by atomic mass is 19.3. The van der Waals surface area contributed by atoms with Crippen molar-refractivity contribution in [2.45, 2.75) is 19.5 Å². The summed E-state index contributed by atoms with van der Waals surface area (Å²) in [5, 5.41) is 2.62. The number of nitrogens with zero attached hydrogens (tertiary/aromatic N) is 1. The van der Waals surface area contributed by atoms with E-state index in [9.17, 15) is 18.4 Å². The summed E-state index contributed by atoms with van der Waals surface area (Å²) in [6.07, 6.45) is 1.35. The zero-order valence-electron chi connectivity index (χ0n) is 14.6. The molecule has 0 aliphatic carbocycles. The first-order valence-corrected chi connectivity index (χ1v) is 8.32. The third-order valence-electron chi connectivity index (χ3n) is 4.15. The van der Waals surface area contributed by atoms with Crippen molar-refractivity contribution in [3.05, 3.63) is 48.0 Å². The van der Waals surface area contributed by atoms with E-state index in [0.717, 1.165) is 12.1 Å². The predicted molar refractivity (Wildman–Crippen MR) is 95.6 cm³/mol. The lowest BCUT2D eigenvalue weighted by Gasteiger charge is -2.16. The number of amides is 2. The van der Waals surface area contributed by atoms with Crippen LogP contribution in [0.25, 0.3) is 0 Å². The molecule has 0 spiro atoms. The molecule has 0 aromatic heterocycles. The number of anilines is 2. The fraction of sp³-hybridized carbons (Fsp3) is 0.263. The molecule has 0 bridgehead atoms. The van der Waals surface area contributed by atoms with Crippen molar-refractivity contribution < 1.29 is 27.8 Å². The van der Waals surface area contributed by atoms with E-state index in [0.29, 0.717) is 18.5 Å². The van der Waals surface area contributed by atoms with Crippen LogP contribution >= 0.6 is 0 Å². The summed E-state index contributed by atoms with van der Waals surface area (Å²) in [4.78, 5) is 25.8. The maximum absolute atomic E-state index is 12.5. The van der Waals surface area contributed by atoms with Gasteiger partial charge in [0.25, 0.3) is 5.91 Å². The summed E-state index contributed by atoms with van der Waals surface area (Å²) in [6, 6.07) is 10.8. The second-order valence-corrected chi connectivity index (χ2v) is 5.89. The molecule has 0 radical (unpaired) electrons. The van der Waals surface area contributed by atoms with Gasteiger partial charge < -0.3 is 19.7 Å². The van der Waals surface area contributed by atoms with E-state index in [1.165, 1.54) is 25.3 Å². The van der Waals surface area contributed by atoms with E-state index in [1.807, 2.05) is 0 Å². The van der Waals surface area contributed by atoms with Crippen molar-refractivity contribution in [3.8, 4) is 11.5 Å². The van der Waals surface area contributed by atoms with E-state index in [-0.39, 0.29) is 23.1 Å². The van der Waals surface area contributed by atoms with Crippen molar-refractivity contribution in [3.63, 3.8) is 0 Å². The highest BCUT2D eigenvalue weighted by Gasteiger charge is 2.21. The zero-order chi connectivity index (χ0) is 19.4. The van der Waals surface area contributed by atoms with Gasteiger partial charge in [0.2, 0.25) is 5.91 Å². The lowest BCUT2D eigenvalue weighted by molar-refractivity contribution is -0.117. The first-order valence-electron chi connectivity index (χ1n) is 8.32. The Labute approximate surface area is 154 Å². The van der Waals surface area contributed by atoms with Gasteiger partial charge in [-0.15, -0.1) is 0 Å². The summed E-state index contributed by atoms with van der Waals surface area (Å²) in [6.45, 7) is -2.34. The summed E-state index contributed by atoms with van der Waals surface area (Å²) < 4.78 is 34.4. The van der Waals surface area contributed by atoms with Crippen molar-refractivity contribution in [1.82, 2.24) is 0 Å². The zero-order valence-corrected chi connectivity index (χ0v) is 14.6. The molecule has 1 N–H and O–H groups in total. The number of carbonyl (C=O) groups is 2. The van der Waals surface area contributed by atoms with E-state index in [1.54, 1.807) is 29.2 Å². The van der Waals surface area contributed by atoms with Gasteiger partial charge in [0.05, 0.1) is 7.11 Å². The minimum Gasteiger partial charge on any atom is -0.493 e. The van der Waals surface area contributed by atoms with Crippen LogP contribution in [0.15, 0.2) is 42.5 Å². The van der Waals surface area contributed by atoms with Gasteiger partial charge in [0, 0.05) is 36.0 Å². The molecule has 1 aliphatic rings. The molecule has 0 unspecified atom stereocenters. The number of ether oxygens (including phenoxy) is 2. The Morgan fingerprint density at radius 1 is 1.15 bits per heavy atom. The molecular formula is C19H18F2N2O4. The molecule has 0 saturated carbocycles. The second kappa shape index (κ2) is 8.03. The SMILES string of the molecule is COc1ccc(NC(=O)c2ccc(N3CCCC3=O)cc2)cc1OC(F)F. The fourth-order valence-electron chi connectivity index (χ4n) is 2.86. The second-order valence-electron chi connectivity index (χ2n) is 5.89. The van der Waals surface area contributed by atoms with Crippen LogP contribution in [0.2, 0.25) is 0 Å². The Bertz CT molecular complexity index is 840. The first-order chi connectivity index (χ1) is 13.0. The van der Waals surface area contributed by atoms with Crippen LogP contribution in [0, 0.1) is 0 Å². The van der Waals surface area contributed by atoms with Crippen LogP contribution in [0.3, 0.4) is 0 Å². The number of rotatable bonds is 6. The lowest BCUT2D eigenvalue weighted by Crippen LogP contribution is -2.23. The minimum absolute atomic E-state index is 0.0667. The summed E-state index contributed by atoms with van der Waals surface area (Å²) in [5.41, 5.74) is 1.40. The summed E-state index contributed by atoms with van der Waals surface area (Å²) in [7, 11) is 1.33. The van der Waals surface area contributed by atoms with Gasteiger partial charge in [-0.1, -0.05) is 0 Å². The van der Waals surface area contributed by atoms with E-state index in [4.69, 9.17) is 4.74 Å². The molecule has 27 heavy (non-hydrogen) atoms. The van der Waals surface area contributed by atoms with Gasteiger partial charge in [-0.25, -0.2) is 0 Å². The van der Waals surface area contributed by atoms with E-state index in [2.05, 4.69) is 10.1 Å². The molecule has 1 saturated heterocycles. The lowest BCUT2D eigenvalue weighted by atomic mass is 10.1. The Balaban J connectivity index is 1.72. The van der Waals surface area contributed by atoms with Crippen molar-refractivity contribution in [1.29, 1.82) is 0 Å². The third-order valence-corrected chi connectivity index (χ3v) is 4.15. The average molecular weight is 376 g/mol. The van der Waals surface area contributed by atoms with Gasteiger partial charge in [-0.2, -0.15) is 8.78 Å². The number of benzene rings is 2. The number of carbonyl (C=O) groups excluding carboxylic acids is 2. The van der Waals surface area contributed by atoms with Crippen LogP contribution in [-0.4, -0.2) is 32.1 Å². The van der Waals surface area contributed by atoms with Crippen LogP contribution < -0.4 is 19.7 Å². The Morgan fingerprint density at radius 2 is 1.89 bits per heavy atom. The molecule has 2 aromatic rings. The molecular weight excluding hydrogens is 358 g/mol. The third kappa shape index (κ3) is 4.33. The molecule has 1 fully saturated rings. The van der Waals surface area contributed by atoms with Gasteiger partial charge in [-0.05, 0) is 42.8 Å². The smallest absolute Gasteiger partial charge is 0.387 e. The van der Waals surface area contributed by atoms with Crippen molar-refractivity contribution in [2.75, 3.05) is 23.9 Å². The van der Waals surface area contributed by atoms with Crippen LogP contribution in [0.4, 0.5) is 20.2 Å². The van der Waals surface area contributed by atoms with E-state index >= 15 is 0 Å². The molecule has 1 aliphatic heterocycles. The van der Waals surface area contributed by atoms with Gasteiger partial charge in [0.15, 0.2) is 11.5 Å². The van der Waals surface area contributed by atoms with Crippen molar-refractivity contribution >= 4 is 23.2 Å². The molecule has 2 amide bonds. The van der Waals surface area contributed by atoms with E-state index < -0.39 is 12.5 Å². The molecule has 6 nitrogen and oxygen atoms in total. The highest BCUT2D eigenvalue weighted by Crippen LogP contribution is 2.31. The maximum atomic E-state index is 12.5. The fourth-order valence-corrected chi connectivity index (χ4v) is 2.86. The number of nitrogens with one attached hydrogen (secondary N) is 1. The number of methoxy groups -OCH3 is 1. The van der Waals surface area contributed by atoms with Crippen LogP contribution in [-0.2, 0) is 4.79 Å². The Morgan fingerprint density at radius 3 is 2.48 bits per heavy atom. The van der Waals surface area contributed by atoms with Gasteiger partial charge >= 0.3 is 6.61 Å². The summed E-state index contributed by atoms with van der Waals surface area (Å²) >= 11 is 0. The van der Waals surface area contributed by atoms with Gasteiger partial charge in [0.1, 0.15) is 0 Å². The Kier molecular flexibility index (Phi) is 5.54. The largest absolute Gasteiger partial charge is 0.493 e. The monoisotopic (exact) mass is 376 g/mol. The normalized spacial score (nSPS) is 13.8. The number of hydrogen-bond acceptors (Lipinski definition) is 4. The summed E-state index contributed by atoms with van der Waals surface area (Å²) in [5.74, 6) is -0.388. The molecule has 8 heteroatoms. The quantitative estimate of drug-likeness (QED) is 0.835. The average Bonchev–Trinajstić information content (AvgIpc) is 3.07. The number of hydrogen-bond donors (Lipinski definition) is 1. The first kappa shape index (κ1) is 18.6. The van der Waals surface area contributed by atoms with Crippen molar-refractivity contribution in [2.24, 2.45) is 0 Å². The van der Waals surface area contributed by atoms with Crippen LogP contribution in [0.5, 0.6) is 11.5 Å². The minimum atomic E-state index is -3.01. The standard InChI is InChI=1S/C19H18F2N2O4/c1-26-15-9-6-13(11-16(15)27-19(20)21)22-18(25)12-4-7-14(8-5-12)23-10-2-3-17(23)24/h4-9,11,19H,2-3,10H2,1H3,(H,22,25). The molecule has 2 aromatic carbocycles. The van der Waals surface area contributed by atoms with Crippen LogP contribution in [0.1, 0.15) is 23.2 Å². The van der Waals surface area contributed by atoms with Gasteiger partial charge in [-0.3, -0.25) is 9.59 Å². The number of alkyl halides is 2.